The minimum atomic E-state index is -3.41. The van der Waals surface area contributed by atoms with Crippen molar-refractivity contribution in [3.63, 3.8) is 0 Å². The molecular formula is C15H21BrN2O3S. The first-order valence-corrected chi connectivity index (χ1v) is 10.0. The van der Waals surface area contributed by atoms with Crippen LogP contribution < -0.4 is 4.31 Å². The third-order valence-corrected chi connectivity index (χ3v) is 5.48. The topological polar surface area (TPSA) is 57.7 Å². The van der Waals surface area contributed by atoms with Gasteiger partial charge in [-0.15, -0.1) is 0 Å². The maximum atomic E-state index is 12.2. The molecule has 2 rings (SSSR count). The molecule has 0 atom stereocenters. The number of hydrogen-bond donors (Lipinski definition) is 0. The van der Waals surface area contributed by atoms with Gasteiger partial charge in [0.05, 0.1) is 11.9 Å². The van der Waals surface area contributed by atoms with Crippen molar-refractivity contribution in [3.05, 3.63) is 28.7 Å². The molecule has 0 radical (unpaired) electrons. The van der Waals surface area contributed by atoms with Crippen molar-refractivity contribution in [2.45, 2.75) is 25.7 Å². The Bertz CT molecular complexity index is 610. The Balaban J connectivity index is 2.04. The van der Waals surface area contributed by atoms with Crippen molar-refractivity contribution in [1.82, 2.24) is 4.90 Å². The Morgan fingerprint density at radius 3 is 2.32 bits per heavy atom. The highest BCUT2D eigenvalue weighted by molar-refractivity contribution is 9.10. The second-order valence-electron chi connectivity index (χ2n) is 5.50. The van der Waals surface area contributed by atoms with E-state index in [0.717, 1.165) is 36.8 Å². The van der Waals surface area contributed by atoms with Gasteiger partial charge in [0.15, 0.2) is 0 Å². The molecule has 0 bridgehead atoms. The number of carbonyl (C=O) groups is 1. The lowest BCUT2D eigenvalue weighted by Crippen LogP contribution is -2.39. The van der Waals surface area contributed by atoms with Gasteiger partial charge in [-0.2, -0.15) is 0 Å². The number of benzene rings is 1. The maximum Gasteiger partial charge on any atom is 0.232 e. The number of piperidine rings is 1. The van der Waals surface area contributed by atoms with Gasteiger partial charge >= 0.3 is 0 Å². The molecule has 7 heteroatoms. The lowest BCUT2D eigenvalue weighted by Gasteiger charge is -2.28. The first kappa shape index (κ1) is 17.3. The van der Waals surface area contributed by atoms with Gasteiger partial charge in [-0.25, -0.2) is 8.42 Å². The van der Waals surface area contributed by atoms with Crippen LogP contribution >= 0.6 is 15.9 Å². The number of anilines is 1. The summed E-state index contributed by atoms with van der Waals surface area (Å²) in [5.41, 5.74) is 0.581. The molecule has 0 aliphatic carbocycles. The fourth-order valence-electron chi connectivity index (χ4n) is 2.59. The van der Waals surface area contributed by atoms with Crippen molar-refractivity contribution < 1.29 is 13.2 Å². The van der Waals surface area contributed by atoms with E-state index in [1.54, 1.807) is 24.3 Å². The summed E-state index contributed by atoms with van der Waals surface area (Å²) in [6, 6.07) is 7.05. The van der Waals surface area contributed by atoms with Crippen molar-refractivity contribution in [2.75, 3.05) is 30.2 Å². The van der Waals surface area contributed by atoms with Gasteiger partial charge in [-0.3, -0.25) is 9.10 Å². The normalized spacial score (nSPS) is 15.6. The van der Waals surface area contributed by atoms with Gasteiger partial charge in [-0.1, -0.05) is 15.9 Å². The van der Waals surface area contributed by atoms with Crippen LogP contribution in [0.5, 0.6) is 0 Å². The summed E-state index contributed by atoms with van der Waals surface area (Å²) in [5, 5.41) is 0. The second-order valence-corrected chi connectivity index (χ2v) is 8.33. The molecule has 1 fully saturated rings. The summed E-state index contributed by atoms with van der Waals surface area (Å²) >= 11 is 3.33. The standard InChI is InChI=1S/C15H21BrN2O3S/c1-22(20,21)18(14-7-5-13(16)6-8-14)12-9-15(19)17-10-3-2-4-11-17/h5-8H,2-4,9-12H2,1H3. The lowest BCUT2D eigenvalue weighted by atomic mass is 10.1. The zero-order valence-corrected chi connectivity index (χ0v) is 15.1. The zero-order chi connectivity index (χ0) is 16.2. The van der Waals surface area contributed by atoms with E-state index in [4.69, 9.17) is 0 Å². The Kier molecular flexibility index (Phi) is 5.86. The highest BCUT2D eigenvalue weighted by Gasteiger charge is 2.21. The van der Waals surface area contributed by atoms with Crippen molar-refractivity contribution in [1.29, 1.82) is 0 Å². The van der Waals surface area contributed by atoms with Crippen LogP contribution in [0.1, 0.15) is 25.7 Å². The molecule has 0 aromatic heterocycles. The van der Waals surface area contributed by atoms with Crippen LogP contribution in [0.15, 0.2) is 28.7 Å². The van der Waals surface area contributed by atoms with Crippen LogP contribution in [0.2, 0.25) is 0 Å². The van der Waals surface area contributed by atoms with E-state index in [0.29, 0.717) is 5.69 Å². The average Bonchev–Trinajstić information content (AvgIpc) is 2.48. The number of likely N-dealkylation sites (tertiary alicyclic amines) is 1. The molecular weight excluding hydrogens is 368 g/mol. The number of halogens is 1. The Morgan fingerprint density at radius 2 is 1.77 bits per heavy atom. The first-order chi connectivity index (χ1) is 10.4. The molecule has 1 aliphatic heterocycles. The molecule has 0 N–H and O–H groups in total. The summed E-state index contributed by atoms with van der Waals surface area (Å²) in [6.45, 7) is 1.75. The number of rotatable bonds is 5. The SMILES string of the molecule is CS(=O)(=O)N(CCC(=O)N1CCCCC1)c1ccc(Br)cc1. The van der Waals surface area contributed by atoms with Crippen LogP contribution in [0.25, 0.3) is 0 Å². The van der Waals surface area contributed by atoms with E-state index in [1.807, 2.05) is 4.90 Å². The van der Waals surface area contributed by atoms with Crippen molar-refractivity contribution in [3.8, 4) is 0 Å². The first-order valence-electron chi connectivity index (χ1n) is 7.39. The van der Waals surface area contributed by atoms with E-state index in [2.05, 4.69) is 15.9 Å². The third-order valence-electron chi connectivity index (χ3n) is 3.75. The minimum Gasteiger partial charge on any atom is -0.343 e. The number of nitrogens with zero attached hydrogens (tertiary/aromatic N) is 2. The van der Waals surface area contributed by atoms with E-state index in [-0.39, 0.29) is 18.9 Å². The molecule has 1 aromatic rings. The van der Waals surface area contributed by atoms with Gasteiger partial charge in [-0.05, 0) is 43.5 Å². The van der Waals surface area contributed by atoms with E-state index >= 15 is 0 Å². The summed E-state index contributed by atoms with van der Waals surface area (Å²) in [7, 11) is -3.41. The number of carbonyl (C=O) groups excluding carboxylic acids is 1. The maximum absolute atomic E-state index is 12.2. The summed E-state index contributed by atoms with van der Waals surface area (Å²) in [4.78, 5) is 14.1. The molecule has 0 unspecified atom stereocenters. The molecule has 0 saturated carbocycles. The van der Waals surface area contributed by atoms with Gasteiger partial charge < -0.3 is 4.90 Å². The number of hydrogen-bond acceptors (Lipinski definition) is 3. The van der Waals surface area contributed by atoms with Gasteiger partial charge in [0.1, 0.15) is 0 Å². The Morgan fingerprint density at radius 1 is 1.18 bits per heavy atom. The van der Waals surface area contributed by atoms with Gasteiger partial charge in [0.2, 0.25) is 15.9 Å². The van der Waals surface area contributed by atoms with Crippen LogP contribution in [-0.4, -0.2) is 45.1 Å². The highest BCUT2D eigenvalue weighted by atomic mass is 79.9. The molecule has 22 heavy (non-hydrogen) atoms. The average molecular weight is 389 g/mol. The molecule has 1 amide bonds. The zero-order valence-electron chi connectivity index (χ0n) is 12.7. The number of sulfonamides is 1. The monoisotopic (exact) mass is 388 g/mol. The smallest absolute Gasteiger partial charge is 0.232 e. The molecule has 1 aliphatic rings. The van der Waals surface area contributed by atoms with Crippen LogP contribution in [0.4, 0.5) is 5.69 Å². The fraction of sp³-hybridized carbons (Fsp3) is 0.533. The van der Waals surface area contributed by atoms with Crippen LogP contribution in [0.3, 0.4) is 0 Å². The fourth-order valence-corrected chi connectivity index (χ4v) is 3.78. The molecule has 5 nitrogen and oxygen atoms in total. The summed E-state index contributed by atoms with van der Waals surface area (Å²) in [6.07, 6.45) is 4.62. The van der Waals surface area contributed by atoms with E-state index < -0.39 is 10.0 Å². The number of amides is 1. The minimum absolute atomic E-state index is 0.0328. The highest BCUT2D eigenvalue weighted by Crippen LogP contribution is 2.21. The molecule has 122 valence electrons. The summed E-state index contributed by atoms with van der Waals surface area (Å²) in [5.74, 6) is 0.0328. The predicted molar refractivity (Wildman–Crippen MR) is 91.4 cm³/mol. The van der Waals surface area contributed by atoms with Crippen molar-refractivity contribution in [2.24, 2.45) is 0 Å². The molecule has 1 saturated heterocycles. The molecule has 0 spiro atoms. The van der Waals surface area contributed by atoms with Crippen molar-refractivity contribution >= 4 is 37.5 Å². The Labute approximate surface area is 140 Å². The Hall–Kier alpha value is -1.08. The summed E-state index contributed by atoms with van der Waals surface area (Å²) < 4.78 is 26.2. The lowest BCUT2D eigenvalue weighted by molar-refractivity contribution is -0.131. The molecule has 1 aromatic carbocycles. The quantitative estimate of drug-likeness (QED) is 0.778. The van der Waals surface area contributed by atoms with Crippen LogP contribution in [0, 0.1) is 0 Å². The third kappa shape index (κ3) is 4.71. The van der Waals surface area contributed by atoms with E-state index in [1.165, 1.54) is 10.6 Å². The van der Waals surface area contributed by atoms with Gasteiger partial charge in [0.25, 0.3) is 0 Å². The second kappa shape index (κ2) is 7.46. The largest absolute Gasteiger partial charge is 0.343 e. The molecule has 1 heterocycles. The van der Waals surface area contributed by atoms with Crippen LogP contribution in [-0.2, 0) is 14.8 Å². The predicted octanol–water partition coefficient (Wildman–Crippen LogP) is 2.62. The van der Waals surface area contributed by atoms with Gasteiger partial charge in [0, 0.05) is 30.5 Å². The van der Waals surface area contributed by atoms with E-state index in [9.17, 15) is 13.2 Å².